The summed E-state index contributed by atoms with van der Waals surface area (Å²) in [4.78, 5) is 0. The maximum Gasteiger partial charge on any atom is 0.0595 e. The van der Waals surface area contributed by atoms with Crippen LogP contribution in [-0.2, 0) is 4.74 Å². The monoisotopic (exact) mass is 416 g/mol. The van der Waals surface area contributed by atoms with Gasteiger partial charge < -0.3 is 9.84 Å². The molecule has 30 heavy (non-hydrogen) atoms. The van der Waals surface area contributed by atoms with Gasteiger partial charge in [0.1, 0.15) is 0 Å². The second-order valence-corrected chi connectivity index (χ2v) is 12.4. The van der Waals surface area contributed by atoms with E-state index in [1.54, 1.807) is 5.57 Å². The standard InChI is InChI=1S/C28H48O2/c1-7-26(18(2)3)30-17-19(4)23-10-11-24-22-9-8-20-16-21(29)12-14-27(20,5)25(22)13-15-28(23,24)6/h8,18-19,21-26,29H,7,9-17H2,1-6H3/t19-,21+,22+,23-,24+,25+,26?,27+,28-/m1/s1. The van der Waals surface area contributed by atoms with E-state index in [0.717, 1.165) is 49.5 Å². The van der Waals surface area contributed by atoms with Crippen molar-refractivity contribution in [2.75, 3.05) is 6.61 Å². The number of allylic oxidation sites excluding steroid dienone is 1. The molecule has 0 aromatic rings. The van der Waals surface area contributed by atoms with Crippen molar-refractivity contribution in [3.63, 3.8) is 0 Å². The summed E-state index contributed by atoms with van der Waals surface area (Å²) in [6.07, 6.45) is 14.1. The zero-order valence-electron chi connectivity index (χ0n) is 20.6. The second-order valence-electron chi connectivity index (χ2n) is 12.4. The van der Waals surface area contributed by atoms with Gasteiger partial charge in [-0.1, -0.05) is 53.2 Å². The molecule has 3 fully saturated rings. The zero-order valence-corrected chi connectivity index (χ0v) is 20.6. The minimum atomic E-state index is -0.0933. The molecule has 0 aromatic carbocycles. The Hall–Kier alpha value is -0.340. The average molecular weight is 417 g/mol. The Labute approximate surface area is 186 Å². The molecule has 0 saturated heterocycles. The van der Waals surface area contributed by atoms with Gasteiger partial charge in [-0.25, -0.2) is 0 Å². The van der Waals surface area contributed by atoms with Crippen molar-refractivity contribution in [2.45, 2.75) is 112 Å². The molecule has 0 aliphatic heterocycles. The lowest BCUT2D eigenvalue weighted by atomic mass is 9.47. The first-order valence-corrected chi connectivity index (χ1v) is 13.2. The quantitative estimate of drug-likeness (QED) is 0.472. The van der Waals surface area contributed by atoms with E-state index in [-0.39, 0.29) is 6.10 Å². The molecule has 0 heterocycles. The van der Waals surface area contributed by atoms with Gasteiger partial charge in [-0.05, 0) is 104 Å². The normalized spacial score (nSPS) is 45.3. The van der Waals surface area contributed by atoms with Crippen LogP contribution < -0.4 is 0 Å². The molecular formula is C28H48O2. The van der Waals surface area contributed by atoms with Crippen molar-refractivity contribution in [2.24, 2.45) is 46.3 Å². The summed E-state index contributed by atoms with van der Waals surface area (Å²) < 4.78 is 6.42. The third-order valence-corrected chi connectivity index (χ3v) is 10.6. The van der Waals surface area contributed by atoms with Gasteiger partial charge in [0.05, 0.1) is 12.2 Å². The Bertz CT molecular complexity index is 639. The van der Waals surface area contributed by atoms with Crippen LogP contribution in [-0.4, -0.2) is 23.9 Å². The van der Waals surface area contributed by atoms with Crippen LogP contribution in [0, 0.1) is 46.3 Å². The molecule has 3 saturated carbocycles. The van der Waals surface area contributed by atoms with Crippen molar-refractivity contribution in [3.8, 4) is 0 Å². The third-order valence-electron chi connectivity index (χ3n) is 10.6. The van der Waals surface area contributed by atoms with Gasteiger partial charge in [-0.15, -0.1) is 0 Å². The summed E-state index contributed by atoms with van der Waals surface area (Å²) >= 11 is 0. The lowest BCUT2D eigenvalue weighted by Gasteiger charge is -2.58. The minimum Gasteiger partial charge on any atom is -0.393 e. The molecule has 0 amide bonds. The van der Waals surface area contributed by atoms with Crippen LogP contribution in [0.25, 0.3) is 0 Å². The first-order chi connectivity index (χ1) is 14.2. The van der Waals surface area contributed by atoms with E-state index in [9.17, 15) is 5.11 Å². The minimum absolute atomic E-state index is 0.0933. The SMILES string of the molecule is CCC(OC[C@@H](C)[C@H]1CC[C@H]2[C@@H]3CC=C4C[C@@H](O)CC[C@]4(C)[C@H]3CC[C@]12C)C(C)C. The average Bonchev–Trinajstić information content (AvgIpc) is 3.06. The molecule has 1 N–H and O–H groups in total. The number of ether oxygens (including phenoxy) is 1. The summed E-state index contributed by atoms with van der Waals surface area (Å²) in [7, 11) is 0. The molecule has 4 aliphatic carbocycles. The number of aliphatic hydroxyl groups excluding tert-OH is 1. The summed E-state index contributed by atoms with van der Waals surface area (Å²) in [6, 6.07) is 0. The van der Waals surface area contributed by atoms with Crippen molar-refractivity contribution in [1.82, 2.24) is 0 Å². The fourth-order valence-electron chi connectivity index (χ4n) is 8.79. The van der Waals surface area contributed by atoms with Gasteiger partial charge in [-0.3, -0.25) is 0 Å². The molecule has 4 rings (SSSR count). The van der Waals surface area contributed by atoms with Gasteiger partial charge >= 0.3 is 0 Å². The fourth-order valence-corrected chi connectivity index (χ4v) is 8.79. The van der Waals surface area contributed by atoms with Crippen LogP contribution >= 0.6 is 0 Å². The Morgan fingerprint density at radius 1 is 1.07 bits per heavy atom. The molecule has 0 aromatic heterocycles. The first-order valence-electron chi connectivity index (χ1n) is 13.2. The van der Waals surface area contributed by atoms with Crippen molar-refractivity contribution < 1.29 is 9.84 Å². The lowest BCUT2D eigenvalue weighted by Crippen LogP contribution is -2.51. The molecule has 1 unspecified atom stereocenters. The van der Waals surface area contributed by atoms with E-state index in [1.165, 1.54) is 38.5 Å². The smallest absolute Gasteiger partial charge is 0.0595 e. The Balaban J connectivity index is 1.47. The highest BCUT2D eigenvalue weighted by molar-refractivity contribution is 5.25. The van der Waals surface area contributed by atoms with Crippen LogP contribution in [0.15, 0.2) is 11.6 Å². The molecule has 0 bridgehead atoms. The molecule has 2 heteroatoms. The van der Waals surface area contributed by atoms with Gasteiger partial charge in [0, 0.05) is 6.61 Å². The summed E-state index contributed by atoms with van der Waals surface area (Å²) in [5.74, 6) is 4.70. The molecule has 9 atom stereocenters. The number of aliphatic hydroxyl groups is 1. The maximum absolute atomic E-state index is 10.2. The van der Waals surface area contributed by atoms with Gasteiger partial charge in [0.15, 0.2) is 0 Å². The predicted octanol–water partition coefficient (Wildman–Crippen LogP) is 7.01. The molecular weight excluding hydrogens is 368 g/mol. The number of rotatable bonds is 6. The van der Waals surface area contributed by atoms with Crippen molar-refractivity contribution in [1.29, 1.82) is 0 Å². The number of fused-ring (bicyclic) bond motifs is 5. The molecule has 4 aliphatic rings. The van der Waals surface area contributed by atoms with E-state index in [1.807, 2.05) is 0 Å². The van der Waals surface area contributed by atoms with Crippen LogP contribution in [0.3, 0.4) is 0 Å². The summed E-state index contributed by atoms with van der Waals surface area (Å²) in [5, 5.41) is 10.2. The van der Waals surface area contributed by atoms with E-state index in [0.29, 0.717) is 28.8 Å². The zero-order chi connectivity index (χ0) is 21.7. The lowest BCUT2D eigenvalue weighted by molar-refractivity contribution is -0.0705. The molecule has 172 valence electrons. The second kappa shape index (κ2) is 8.54. The fraction of sp³-hybridized carbons (Fsp3) is 0.929. The molecule has 2 nitrogen and oxygen atoms in total. The molecule has 0 radical (unpaired) electrons. The highest BCUT2D eigenvalue weighted by Crippen LogP contribution is 2.67. The van der Waals surface area contributed by atoms with Crippen LogP contribution in [0.2, 0.25) is 0 Å². The van der Waals surface area contributed by atoms with Crippen molar-refractivity contribution >= 4 is 0 Å². The predicted molar refractivity (Wildman–Crippen MR) is 125 cm³/mol. The summed E-state index contributed by atoms with van der Waals surface area (Å²) in [5.41, 5.74) is 2.46. The first kappa shape index (κ1) is 22.8. The Kier molecular flexibility index (Phi) is 6.50. The number of hydrogen-bond acceptors (Lipinski definition) is 2. The summed E-state index contributed by atoms with van der Waals surface area (Å²) in [6.45, 7) is 15.5. The third kappa shape index (κ3) is 3.72. The van der Waals surface area contributed by atoms with E-state index in [2.05, 4.69) is 47.6 Å². The van der Waals surface area contributed by atoms with Crippen LogP contribution in [0.1, 0.15) is 99.3 Å². The van der Waals surface area contributed by atoms with E-state index in [4.69, 9.17) is 4.74 Å². The van der Waals surface area contributed by atoms with Gasteiger partial charge in [-0.2, -0.15) is 0 Å². The van der Waals surface area contributed by atoms with Gasteiger partial charge in [0.25, 0.3) is 0 Å². The number of hydrogen-bond donors (Lipinski definition) is 1. The van der Waals surface area contributed by atoms with Crippen molar-refractivity contribution in [3.05, 3.63) is 11.6 Å². The molecule has 0 spiro atoms. The van der Waals surface area contributed by atoms with E-state index < -0.39 is 0 Å². The maximum atomic E-state index is 10.2. The Morgan fingerprint density at radius 2 is 1.83 bits per heavy atom. The van der Waals surface area contributed by atoms with Gasteiger partial charge in [0.2, 0.25) is 0 Å². The van der Waals surface area contributed by atoms with Crippen LogP contribution in [0.4, 0.5) is 0 Å². The van der Waals surface area contributed by atoms with Crippen LogP contribution in [0.5, 0.6) is 0 Å². The highest BCUT2D eigenvalue weighted by atomic mass is 16.5. The largest absolute Gasteiger partial charge is 0.393 e. The Morgan fingerprint density at radius 3 is 2.53 bits per heavy atom. The highest BCUT2D eigenvalue weighted by Gasteiger charge is 2.59. The topological polar surface area (TPSA) is 29.5 Å². The van der Waals surface area contributed by atoms with E-state index >= 15 is 0 Å².